The van der Waals surface area contributed by atoms with Gasteiger partial charge in [0.1, 0.15) is 0 Å². The Kier molecular flexibility index (Phi) is 5.06. The molecule has 21 heavy (non-hydrogen) atoms. The smallest absolute Gasteiger partial charge is 0.264 e. The number of anilines is 1. The highest BCUT2D eigenvalue weighted by atomic mass is 32.2. The van der Waals surface area contributed by atoms with Gasteiger partial charge in [0.15, 0.2) is 0 Å². The van der Waals surface area contributed by atoms with Crippen molar-refractivity contribution in [2.24, 2.45) is 5.92 Å². The maximum absolute atomic E-state index is 10.9. The molecule has 1 aromatic rings. The van der Waals surface area contributed by atoms with Crippen molar-refractivity contribution in [2.75, 3.05) is 17.2 Å². The van der Waals surface area contributed by atoms with E-state index in [-0.39, 0.29) is 11.8 Å². The number of nitrogens with zero attached hydrogens (tertiary/aromatic N) is 1. The fourth-order valence-corrected chi connectivity index (χ4v) is 3.27. The summed E-state index contributed by atoms with van der Waals surface area (Å²) in [5, 5.41) is 0. The van der Waals surface area contributed by atoms with Gasteiger partial charge in [-0.25, -0.2) is 0 Å². The molecule has 1 N–H and O–H groups in total. The summed E-state index contributed by atoms with van der Waals surface area (Å²) in [5.41, 5.74) is 2.30. The lowest BCUT2D eigenvalue weighted by Crippen LogP contribution is -2.38. The van der Waals surface area contributed by atoms with Crippen LogP contribution >= 0.6 is 0 Å². The summed E-state index contributed by atoms with van der Waals surface area (Å²) in [7, 11) is -3.89. The highest BCUT2D eigenvalue weighted by molar-refractivity contribution is 7.85. The second-order valence-corrected chi connectivity index (χ2v) is 7.52. The molecule has 0 spiro atoms. The molecule has 1 atom stereocenters. The van der Waals surface area contributed by atoms with Crippen molar-refractivity contribution in [3.63, 3.8) is 0 Å². The summed E-state index contributed by atoms with van der Waals surface area (Å²) in [6.45, 7) is 4.99. The van der Waals surface area contributed by atoms with Gasteiger partial charge in [-0.05, 0) is 30.4 Å². The van der Waals surface area contributed by atoms with Gasteiger partial charge in [0.25, 0.3) is 10.1 Å². The fraction of sp³-hybridized carbons (Fsp3) is 0.500. The molecule has 0 fully saturated rings. The SMILES string of the molecule is CC(C)CC1C=Cc2ccccc2N1CCCS(=O)(=O)O. The van der Waals surface area contributed by atoms with Crippen LogP contribution in [0.2, 0.25) is 0 Å². The molecule has 0 amide bonds. The second kappa shape index (κ2) is 6.62. The van der Waals surface area contributed by atoms with Gasteiger partial charge in [-0.1, -0.05) is 44.2 Å². The average Bonchev–Trinajstić information content (AvgIpc) is 2.39. The lowest BCUT2D eigenvalue weighted by molar-refractivity contribution is 0.477. The van der Waals surface area contributed by atoms with E-state index in [0.717, 1.165) is 17.7 Å². The van der Waals surface area contributed by atoms with Crippen LogP contribution in [0.4, 0.5) is 5.69 Å². The normalized spacial score (nSPS) is 18.1. The Bertz CT molecular complexity index is 608. The predicted octanol–water partition coefficient (Wildman–Crippen LogP) is 3.21. The minimum atomic E-state index is -3.89. The largest absolute Gasteiger partial charge is 0.365 e. The van der Waals surface area contributed by atoms with Crippen LogP contribution in [-0.4, -0.2) is 31.3 Å². The highest BCUT2D eigenvalue weighted by Crippen LogP contribution is 2.31. The first-order valence-electron chi connectivity index (χ1n) is 7.36. The Labute approximate surface area is 127 Å². The van der Waals surface area contributed by atoms with E-state index < -0.39 is 10.1 Å². The van der Waals surface area contributed by atoms with E-state index >= 15 is 0 Å². The van der Waals surface area contributed by atoms with E-state index in [1.165, 1.54) is 0 Å². The summed E-state index contributed by atoms with van der Waals surface area (Å²) in [4.78, 5) is 2.25. The molecule has 1 unspecified atom stereocenters. The molecule has 1 aromatic carbocycles. The van der Waals surface area contributed by atoms with Crippen LogP contribution in [-0.2, 0) is 10.1 Å². The Hall–Kier alpha value is -1.33. The van der Waals surface area contributed by atoms with Crippen molar-refractivity contribution in [3.05, 3.63) is 35.9 Å². The molecule has 1 heterocycles. The maximum atomic E-state index is 10.9. The van der Waals surface area contributed by atoms with Gasteiger partial charge in [0.05, 0.1) is 5.75 Å². The first kappa shape index (κ1) is 16.0. The number of hydrogen-bond acceptors (Lipinski definition) is 3. The molecule has 1 aliphatic rings. The molecule has 0 saturated carbocycles. The van der Waals surface area contributed by atoms with Crippen molar-refractivity contribution in [2.45, 2.75) is 32.7 Å². The molecule has 0 saturated heterocycles. The summed E-state index contributed by atoms with van der Waals surface area (Å²) in [5.74, 6) is 0.373. The van der Waals surface area contributed by atoms with Crippen molar-refractivity contribution >= 4 is 21.9 Å². The Morgan fingerprint density at radius 3 is 2.67 bits per heavy atom. The number of para-hydroxylation sites is 1. The van der Waals surface area contributed by atoms with Crippen molar-refractivity contribution in [1.82, 2.24) is 0 Å². The van der Waals surface area contributed by atoms with Crippen LogP contribution in [0.3, 0.4) is 0 Å². The lowest BCUT2D eigenvalue weighted by atomic mass is 9.96. The molecule has 0 aromatic heterocycles. The third kappa shape index (κ3) is 4.58. The zero-order valence-electron chi connectivity index (χ0n) is 12.6. The molecule has 2 rings (SSSR count). The van der Waals surface area contributed by atoms with E-state index in [2.05, 4.69) is 43.0 Å². The van der Waals surface area contributed by atoms with Gasteiger partial charge in [0.2, 0.25) is 0 Å². The summed E-state index contributed by atoms with van der Waals surface area (Å²) >= 11 is 0. The van der Waals surface area contributed by atoms with Crippen LogP contribution in [0.25, 0.3) is 6.08 Å². The van der Waals surface area contributed by atoms with Crippen molar-refractivity contribution in [3.8, 4) is 0 Å². The maximum Gasteiger partial charge on any atom is 0.264 e. The molecule has 0 bridgehead atoms. The topological polar surface area (TPSA) is 57.6 Å². The number of fused-ring (bicyclic) bond motifs is 1. The zero-order valence-corrected chi connectivity index (χ0v) is 13.4. The van der Waals surface area contributed by atoms with Crippen molar-refractivity contribution in [1.29, 1.82) is 0 Å². The van der Waals surface area contributed by atoms with Gasteiger partial charge >= 0.3 is 0 Å². The number of hydrogen-bond donors (Lipinski definition) is 1. The molecule has 0 aliphatic carbocycles. The molecule has 1 aliphatic heterocycles. The van der Waals surface area contributed by atoms with Crippen molar-refractivity contribution < 1.29 is 13.0 Å². The monoisotopic (exact) mass is 309 g/mol. The van der Waals surface area contributed by atoms with Crippen LogP contribution in [0.15, 0.2) is 30.3 Å². The Morgan fingerprint density at radius 2 is 2.00 bits per heavy atom. The average molecular weight is 309 g/mol. The van der Waals surface area contributed by atoms with Crippen LogP contribution in [0, 0.1) is 5.92 Å². The fourth-order valence-electron chi connectivity index (χ4n) is 2.78. The van der Waals surface area contributed by atoms with Gasteiger partial charge in [-0.3, -0.25) is 4.55 Å². The van der Waals surface area contributed by atoms with Gasteiger partial charge in [-0.15, -0.1) is 0 Å². The highest BCUT2D eigenvalue weighted by Gasteiger charge is 2.23. The quantitative estimate of drug-likeness (QED) is 0.820. The summed E-state index contributed by atoms with van der Waals surface area (Å²) < 4.78 is 30.7. The van der Waals surface area contributed by atoms with Gasteiger partial charge < -0.3 is 4.90 Å². The first-order chi connectivity index (χ1) is 9.87. The Morgan fingerprint density at radius 1 is 1.29 bits per heavy atom. The number of benzene rings is 1. The van der Waals surface area contributed by atoms with E-state index in [9.17, 15) is 8.42 Å². The minimum Gasteiger partial charge on any atom is -0.365 e. The van der Waals surface area contributed by atoms with Crippen LogP contribution < -0.4 is 4.90 Å². The summed E-state index contributed by atoms with van der Waals surface area (Å²) in [6, 6.07) is 8.41. The van der Waals surface area contributed by atoms with E-state index in [0.29, 0.717) is 18.9 Å². The molecule has 5 heteroatoms. The van der Waals surface area contributed by atoms with Gasteiger partial charge in [-0.2, -0.15) is 8.42 Å². The minimum absolute atomic E-state index is 0.191. The van der Waals surface area contributed by atoms with Gasteiger partial charge in [0, 0.05) is 18.3 Å². The zero-order chi connectivity index (χ0) is 15.5. The molecule has 0 radical (unpaired) electrons. The molecule has 4 nitrogen and oxygen atoms in total. The lowest BCUT2D eigenvalue weighted by Gasteiger charge is -2.36. The van der Waals surface area contributed by atoms with Crippen LogP contribution in [0.5, 0.6) is 0 Å². The third-order valence-corrected chi connectivity index (χ3v) is 4.46. The Balaban J connectivity index is 2.16. The summed E-state index contributed by atoms with van der Waals surface area (Å²) in [6.07, 6.45) is 5.78. The van der Waals surface area contributed by atoms with E-state index in [1.54, 1.807) is 0 Å². The standard InChI is InChI=1S/C16H23NO3S/c1-13(2)12-15-9-8-14-6-3-4-7-16(14)17(15)10-5-11-21(18,19)20/h3-4,6-9,13,15H,5,10-12H2,1-2H3,(H,18,19,20). The van der Waals surface area contributed by atoms with E-state index in [4.69, 9.17) is 4.55 Å². The second-order valence-electron chi connectivity index (χ2n) is 5.95. The van der Waals surface area contributed by atoms with Crippen LogP contribution in [0.1, 0.15) is 32.3 Å². The molecular formula is C16H23NO3S. The van der Waals surface area contributed by atoms with E-state index in [1.807, 2.05) is 12.1 Å². The first-order valence-corrected chi connectivity index (χ1v) is 8.97. The predicted molar refractivity (Wildman–Crippen MR) is 87.1 cm³/mol. The molecule has 116 valence electrons. The third-order valence-electron chi connectivity index (χ3n) is 3.66. The number of rotatable bonds is 6. The molecular weight excluding hydrogens is 286 g/mol.